The molecule has 11 heteroatoms. The molecule has 2 fully saturated rings. The number of piperidine rings is 1. The van der Waals surface area contributed by atoms with Crippen molar-refractivity contribution in [2.45, 2.75) is 51.6 Å². The molecule has 2 amide bonds. The van der Waals surface area contributed by atoms with Gasteiger partial charge >= 0.3 is 0 Å². The fraction of sp³-hybridized carbons (Fsp3) is 0.500. The van der Waals surface area contributed by atoms with Gasteiger partial charge in [0.15, 0.2) is 0 Å². The summed E-state index contributed by atoms with van der Waals surface area (Å²) in [7, 11) is -3.20. The van der Waals surface area contributed by atoms with Crippen LogP contribution in [0.2, 0.25) is 0 Å². The van der Waals surface area contributed by atoms with E-state index in [1.54, 1.807) is 0 Å². The molecule has 33 heavy (non-hydrogen) atoms. The standard InChI is InChI=1S/C22H29N5O5S/c1-13-21(14(2)32-26-13)15-4-5-17(23-16-8-10-27(11-9-16)33(3,30)31)19(12-15)25-22(29)18-6-7-20(28)24-18/h4-5,12,16,18,23H,6-11H2,1-3H3,(H,24,28)(H,25,29)/t18-/m0/s1. The van der Waals surface area contributed by atoms with Gasteiger partial charge in [0.1, 0.15) is 11.8 Å². The molecular weight excluding hydrogens is 446 g/mol. The predicted molar refractivity (Wildman–Crippen MR) is 124 cm³/mol. The molecular formula is C22H29N5O5S. The number of nitrogens with one attached hydrogen (secondary N) is 3. The quantitative estimate of drug-likeness (QED) is 0.582. The van der Waals surface area contributed by atoms with Gasteiger partial charge in [-0.2, -0.15) is 0 Å². The van der Waals surface area contributed by atoms with Crippen molar-refractivity contribution in [1.29, 1.82) is 0 Å². The van der Waals surface area contributed by atoms with E-state index < -0.39 is 16.1 Å². The largest absolute Gasteiger partial charge is 0.381 e. The molecule has 0 aliphatic carbocycles. The second-order valence-corrected chi connectivity index (χ2v) is 10.7. The van der Waals surface area contributed by atoms with Gasteiger partial charge in [-0.1, -0.05) is 11.2 Å². The maximum Gasteiger partial charge on any atom is 0.247 e. The molecule has 10 nitrogen and oxygen atoms in total. The topological polar surface area (TPSA) is 134 Å². The molecule has 4 rings (SSSR count). The summed E-state index contributed by atoms with van der Waals surface area (Å²) in [5.74, 6) is 0.281. The Kier molecular flexibility index (Phi) is 6.44. The summed E-state index contributed by atoms with van der Waals surface area (Å²) in [6.07, 6.45) is 3.33. The average Bonchev–Trinajstić information content (AvgIpc) is 3.34. The third-order valence-corrected chi connectivity index (χ3v) is 7.50. The van der Waals surface area contributed by atoms with Crippen LogP contribution in [0.5, 0.6) is 0 Å². The van der Waals surface area contributed by atoms with Crippen LogP contribution in [0.4, 0.5) is 11.4 Å². The number of sulfonamides is 1. The maximum absolute atomic E-state index is 12.8. The third-order valence-electron chi connectivity index (χ3n) is 6.19. The first-order valence-corrected chi connectivity index (χ1v) is 12.9. The van der Waals surface area contributed by atoms with E-state index in [1.165, 1.54) is 10.6 Å². The molecule has 2 aliphatic heterocycles. The van der Waals surface area contributed by atoms with Gasteiger partial charge in [-0.05, 0) is 50.8 Å². The number of aryl methyl sites for hydroxylation is 2. The lowest BCUT2D eigenvalue weighted by Gasteiger charge is -2.31. The summed E-state index contributed by atoms with van der Waals surface area (Å²) in [4.78, 5) is 24.4. The highest BCUT2D eigenvalue weighted by Gasteiger charge is 2.29. The lowest BCUT2D eigenvalue weighted by Crippen LogP contribution is -2.42. The van der Waals surface area contributed by atoms with E-state index in [4.69, 9.17) is 4.52 Å². The molecule has 0 radical (unpaired) electrons. The highest BCUT2D eigenvalue weighted by atomic mass is 32.2. The minimum atomic E-state index is -3.20. The Bertz CT molecular complexity index is 1150. The zero-order valence-corrected chi connectivity index (χ0v) is 19.8. The molecule has 2 aromatic rings. The fourth-order valence-electron chi connectivity index (χ4n) is 4.41. The van der Waals surface area contributed by atoms with Gasteiger partial charge in [0.05, 0.1) is 23.3 Å². The van der Waals surface area contributed by atoms with E-state index in [9.17, 15) is 18.0 Å². The number of carbonyl (C=O) groups excluding carboxylic acids is 2. The van der Waals surface area contributed by atoms with Crippen molar-refractivity contribution < 1.29 is 22.5 Å². The van der Waals surface area contributed by atoms with Crippen LogP contribution in [-0.4, -0.2) is 61.1 Å². The molecule has 0 unspecified atom stereocenters. The van der Waals surface area contributed by atoms with Gasteiger partial charge < -0.3 is 20.5 Å². The van der Waals surface area contributed by atoms with Gasteiger partial charge in [-0.25, -0.2) is 12.7 Å². The zero-order valence-electron chi connectivity index (χ0n) is 19.0. The van der Waals surface area contributed by atoms with Crippen LogP contribution in [0, 0.1) is 13.8 Å². The Morgan fingerprint density at radius 1 is 1.18 bits per heavy atom. The van der Waals surface area contributed by atoms with Crippen molar-refractivity contribution >= 4 is 33.2 Å². The van der Waals surface area contributed by atoms with Crippen LogP contribution in [0.25, 0.3) is 11.1 Å². The third kappa shape index (κ3) is 5.19. The highest BCUT2D eigenvalue weighted by molar-refractivity contribution is 7.88. The first kappa shape index (κ1) is 23.2. The number of aromatic nitrogens is 1. The molecule has 0 spiro atoms. The molecule has 1 atom stereocenters. The molecule has 1 aromatic heterocycles. The molecule has 178 valence electrons. The number of anilines is 2. The number of benzene rings is 1. The summed E-state index contributed by atoms with van der Waals surface area (Å²) in [5, 5.41) is 13.1. The van der Waals surface area contributed by atoms with Gasteiger partial charge in [0.25, 0.3) is 0 Å². The van der Waals surface area contributed by atoms with Crippen molar-refractivity contribution in [3.8, 4) is 11.1 Å². The van der Waals surface area contributed by atoms with Crippen molar-refractivity contribution in [2.24, 2.45) is 0 Å². The first-order chi connectivity index (χ1) is 15.6. The Balaban J connectivity index is 1.57. The second-order valence-electron chi connectivity index (χ2n) is 8.69. The molecule has 0 bridgehead atoms. The van der Waals surface area contributed by atoms with E-state index in [2.05, 4.69) is 21.1 Å². The number of carbonyl (C=O) groups is 2. The Hall–Kier alpha value is -2.92. The van der Waals surface area contributed by atoms with Crippen LogP contribution in [0.3, 0.4) is 0 Å². The molecule has 0 saturated carbocycles. The van der Waals surface area contributed by atoms with Crippen LogP contribution < -0.4 is 16.0 Å². The molecule has 2 saturated heterocycles. The number of amides is 2. The Morgan fingerprint density at radius 2 is 1.91 bits per heavy atom. The molecule has 1 aromatic carbocycles. The van der Waals surface area contributed by atoms with Crippen LogP contribution >= 0.6 is 0 Å². The smallest absolute Gasteiger partial charge is 0.247 e. The maximum atomic E-state index is 12.8. The van der Waals surface area contributed by atoms with Gasteiger partial charge in [0.2, 0.25) is 21.8 Å². The normalized spacial score (nSPS) is 20.0. The highest BCUT2D eigenvalue weighted by Crippen LogP contribution is 2.34. The fourth-order valence-corrected chi connectivity index (χ4v) is 5.28. The van der Waals surface area contributed by atoms with Gasteiger partial charge in [-0.15, -0.1) is 0 Å². The summed E-state index contributed by atoms with van der Waals surface area (Å²) in [6, 6.07) is 5.20. The molecule has 3 heterocycles. The van der Waals surface area contributed by atoms with Gasteiger partial charge in [-0.3, -0.25) is 9.59 Å². The van der Waals surface area contributed by atoms with E-state index in [-0.39, 0.29) is 17.9 Å². The monoisotopic (exact) mass is 475 g/mol. The molecule has 3 N–H and O–H groups in total. The van der Waals surface area contributed by atoms with Crippen molar-refractivity contribution in [3.63, 3.8) is 0 Å². The lowest BCUT2D eigenvalue weighted by molar-refractivity contribution is -0.122. The van der Waals surface area contributed by atoms with Crippen LogP contribution in [0.15, 0.2) is 22.7 Å². The van der Waals surface area contributed by atoms with E-state index >= 15 is 0 Å². The summed E-state index contributed by atoms with van der Waals surface area (Å²) in [6.45, 7) is 4.59. The van der Waals surface area contributed by atoms with E-state index in [1.807, 2.05) is 32.0 Å². The SMILES string of the molecule is Cc1noc(C)c1-c1ccc(NC2CCN(S(C)(=O)=O)CC2)c(NC(=O)[C@@H]2CCC(=O)N2)c1. The second kappa shape index (κ2) is 9.14. The van der Waals surface area contributed by atoms with Crippen LogP contribution in [0.1, 0.15) is 37.1 Å². The predicted octanol–water partition coefficient (Wildman–Crippen LogP) is 2.01. The Morgan fingerprint density at radius 3 is 2.48 bits per heavy atom. The lowest BCUT2D eigenvalue weighted by atomic mass is 10.0. The van der Waals surface area contributed by atoms with E-state index in [0.717, 1.165) is 22.5 Å². The van der Waals surface area contributed by atoms with Crippen molar-refractivity contribution in [1.82, 2.24) is 14.8 Å². The molecule has 2 aliphatic rings. The Labute approximate surface area is 193 Å². The summed E-state index contributed by atoms with van der Waals surface area (Å²) >= 11 is 0. The van der Waals surface area contributed by atoms with Crippen molar-refractivity contribution in [2.75, 3.05) is 30.0 Å². The number of nitrogens with zero attached hydrogens (tertiary/aromatic N) is 2. The summed E-state index contributed by atoms with van der Waals surface area (Å²) in [5.41, 5.74) is 3.80. The minimum Gasteiger partial charge on any atom is -0.381 e. The average molecular weight is 476 g/mol. The number of hydrogen-bond donors (Lipinski definition) is 3. The zero-order chi connectivity index (χ0) is 23.8. The van der Waals surface area contributed by atoms with Crippen LogP contribution in [-0.2, 0) is 19.6 Å². The van der Waals surface area contributed by atoms with Gasteiger partial charge in [0, 0.05) is 31.1 Å². The number of rotatable bonds is 6. The number of hydrogen-bond acceptors (Lipinski definition) is 7. The first-order valence-electron chi connectivity index (χ1n) is 11.0. The van der Waals surface area contributed by atoms with E-state index in [0.29, 0.717) is 50.2 Å². The summed E-state index contributed by atoms with van der Waals surface area (Å²) < 4.78 is 30.4. The minimum absolute atomic E-state index is 0.0646. The van der Waals surface area contributed by atoms with Crippen molar-refractivity contribution in [3.05, 3.63) is 29.7 Å².